The lowest BCUT2D eigenvalue weighted by molar-refractivity contribution is 0.435. The van der Waals surface area contributed by atoms with E-state index in [2.05, 4.69) is 6.58 Å². The second-order valence-electron chi connectivity index (χ2n) is 3.67. The third-order valence-electron chi connectivity index (χ3n) is 2.31. The fraction of sp³-hybridized carbons (Fsp3) is 0.200. The number of hydrogen-bond donors (Lipinski definition) is 0. The largest absolute Gasteiger partial charge is 0.457 e. The van der Waals surface area contributed by atoms with E-state index < -0.39 is 0 Å². The van der Waals surface area contributed by atoms with Gasteiger partial charge in [-0.25, -0.2) is 0 Å². The summed E-state index contributed by atoms with van der Waals surface area (Å²) in [7, 11) is 0. The van der Waals surface area contributed by atoms with Crippen molar-refractivity contribution in [1.82, 2.24) is 0 Å². The van der Waals surface area contributed by atoms with E-state index in [1.165, 1.54) is 0 Å². The van der Waals surface area contributed by atoms with Gasteiger partial charge in [0.05, 0.1) is 0 Å². The van der Waals surface area contributed by atoms with Crippen molar-refractivity contribution in [2.75, 3.05) is 0 Å². The molecule has 0 aliphatic heterocycles. The van der Waals surface area contributed by atoms with E-state index in [4.69, 9.17) is 4.74 Å². The molecule has 0 fully saturated rings. The first-order valence-corrected chi connectivity index (χ1v) is 5.37. The summed E-state index contributed by atoms with van der Waals surface area (Å²) < 4.78 is 5.71. The van der Waals surface area contributed by atoms with Crippen LogP contribution in [0.3, 0.4) is 0 Å². The molecule has 0 spiro atoms. The molecule has 0 aliphatic carbocycles. The average molecular weight is 214 g/mol. The second kappa shape index (κ2) is 5.96. The van der Waals surface area contributed by atoms with E-state index >= 15 is 0 Å². The molecule has 0 amide bonds. The number of benzene rings is 1. The Balaban J connectivity index is 2.76. The van der Waals surface area contributed by atoms with Crippen molar-refractivity contribution in [2.24, 2.45) is 0 Å². The number of hydrogen-bond acceptors (Lipinski definition) is 1. The third-order valence-corrected chi connectivity index (χ3v) is 2.31. The Labute approximate surface area is 97.8 Å². The Morgan fingerprint density at radius 3 is 2.62 bits per heavy atom. The quantitative estimate of drug-likeness (QED) is 0.533. The maximum atomic E-state index is 5.71. The van der Waals surface area contributed by atoms with E-state index in [-0.39, 0.29) is 0 Å². The predicted molar refractivity (Wildman–Crippen MR) is 69.5 cm³/mol. The highest BCUT2D eigenvalue weighted by atomic mass is 16.5. The van der Waals surface area contributed by atoms with Gasteiger partial charge < -0.3 is 4.74 Å². The Morgan fingerprint density at radius 2 is 2.00 bits per heavy atom. The predicted octanol–water partition coefficient (Wildman–Crippen LogP) is 4.41. The first-order valence-electron chi connectivity index (χ1n) is 5.37. The summed E-state index contributed by atoms with van der Waals surface area (Å²) in [4.78, 5) is 0. The van der Waals surface area contributed by atoms with Gasteiger partial charge in [0.1, 0.15) is 11.5 Å². The molecule has 1 rings (SSSR count). The van der Waals surface area contributed by atoms with E-state index in [0.717, 1.165) is 16.9 Å². The van der Waals surface area contributed by atoms with E-state index in [1.807, 2.05) is 63.3 Å². The summed E-state index contributed by atoms with van der Waals surface area (Å²) in [5.74, 6) is 1.55. The van der Waals surface area contributed by atoms with Crippen LogP contribution in [0.2, 0.25) is 0 Å². The van der Waals surface area contributed by atoms with Crippen molar-refractivity contribution < 1.29 is 4.74 Å². The lowest BCUT2D eigenvalue weighted by Gasteiger charge is -2.10. The molecule has 0 saturated heterocycles. The van der Waals surface area contributed by atoms with Crippen LogP contribution >= 0.6 is 0 Å². The zero-order valence-corrected chi connectivity index (χ0v) is 10.2. The number of aryl methyl sites for hydroxylation is 1. The molecule has 0 N–H and O–H groups in total. The van der Waals surface area contributed by atoms with Crippen LogP contribution < -0.4 is 4.74 Å². The zero-order chi connectivity index (χ0) is 12.0. The second-order valence-corrected chi connectivity index (χ2v) is 3.67. The summed E-state index contributed by atoms with van der Waals surface area (Å²) >= 11 is 0. The van der Waals surface area contributed by atoms with Gasteiger partial charge in [0.2, 0.25) is 0 Å². The number of ether oxygens (including phenoxy) is 1. The van der Waals surface area contributed by atoms with E-state index in [0.29, 0.717) is 5.76 Å². The molecule has 1 heteroatoms. The number of allylic oxidation sites excluding steroid dienone is 4. The fourth-order valence-electron chi connectivity index (χ4n) is 1.22. The highest BCUT2D eigenvalue weighted by Crippen LogP contribution is 2.21. The molecule has 1 aromatic rings. The Morgan fingerprint density at radius 1 is 1.31 bits per heavy atom. The number of rotatable bonds is 4. The highest BCUT2D eigenvalue weighted by molar-refractivity contribution is 5.36. The molecule has 0 unspecified atom stereocenters. The van der Waals surface area contributed by atoms with Gasteiger partial charge in [-0.15, -0.1) is 0 Å². The smallest absolute Gasteiger partial charge is 0.130 e. The van der Waals surface area contributed by atoms with Crippen LogP contribution in [0.1, 0.15) is 19.4 Å². The summed E-state index contributed by atoms with van der Waals surface area (Å²) in [5, 5.41) is 0. The van der Waals surface area contributed by atoms with Crippen LogP contribution in [0.15, 0.2) is 60.4 Å². The summed E-state index contributed by atoms with van der Waals surface area (Å²) in [5.41, 5.74) is 2.14. The molecule has 0 saturated carbocycles. The van der Waals surface area contributed by atoms with Crippen molar-refractivity contribution >= 4 is 0 Å². The first-order chi connectivity index (χ1) is 7.65. The molecule has 0 atom stereocenters. The van der Waals surface area contributed by atoms with Crippen molar-refractivity contribution in [2.45, 2.75) is 20.8 Å². The summed E-state index contributed by atoms with van der Waals surface area (Å²) in [6, 6.07) is 7.92. The van der Waals surface area contributed by atoms with E-state index in [9.17, 15) is 0 Å². The summed E-state index contributed by atoms with van der Waals surface area (Å²) in [6.45, 7) is 9.91. The van der Waals surface area contributed by atoms with Gasteiger partial charge in [0.15, 0.2) is 0 Å². The van der Waals surface area contributed by atoms with Crippen LogP contribution in [0.4, 0.5) is 0 Å². The standard InChI is InChI=1S/C15H18O/c1-5-6-9-12(2)14(4)16-15-11-8-7-10-13(15)3/h5-11H,4H2,1-3H3/b6-5-,12-9-. The summed E-state index contributed by atoms with van der Waals surface area (Å²) in [6.07, 6.45) is 5.94. The molecule has 0 bridgehead atoms. The molecule has 1 nitrogen and oxygen atoms in total. The van der Waals surface area contributed by atoms with Crippen LogP contribution in [0.25, 0.3) is 0 Å². The van der Waals surface area contributed by atoms with Crippen LogP contribution in [0, 0.1) is 6.92 Å². The molecule has 0 heterocycles. The highest BCUT2D eigenvalue weighted by Gasteiger charge is 2.02. The zero-order valence-electron chi connectivity index (χ0n) is 10.2. The van der Waals surface area contributed by atoms with Gasteiger partial charge >= 0.3 is 0 Å². The van der Waals surface area contributed by atoms with Gasteiger partial charge in [0.25, 0.3) is 0 Å². The van der Waals surface area contributed by atoms with Crippen LogP contribution in [-0.2, 0) is 0 Å². The fourth-order valence-corrected chi connectivity index (χ4v) is 1.22. The van der Waals surface area contributed by atoms with Crippen molar-refractivity contribution in [1.29, 1.82) is 0 Å². The maximum absolute atomic E-state index is 5.71. The minimum atomic E-state index is 0.687. The first kappa shape index (κ1) is 12.3. The van der Waals surface area contributed by atoms with Crippen LogP contribution in [0.5, 0.6) is 5.75 Å². The van der Waals surface area contributed by atoms with Gasteiger partial charge in [-0.3, -0.25) is 0 Å². The molecular weight excluding hydrogens is 196 g/mol. The molecule has 0 radical (unpaired) electrons. The SMILES string of the molecule is C=C(Oc1ccccc1C)/C(C)=C\C=C/C. The Bertz CT molecular complexity index is 425. The molecule has 0 aliphatic rings. The topological polar surface area (TPSA) is 9.23 Å². The van der Waals surface area contributed by atoms with Crippen LogP contribution in [-0.4, -0.2) is 0 Å². The third kappa shape index (κ3) is 3.43. The van der Waals surface area contributed by atoms with Gasteiger partial charge in [-0.05, 0) is 38.0 Å². The number of para-hydroxylation sites is 1. The van der Waals surface area contributed by atoms with Gasteiger partial charge in [-0.1, -0.05) is 43.0 Å². The molecule has 16 heavy (non-hydrogen) atoms. The van der Waals surface area contributed by atoms with Crippen molar-refractivity contribution in [3.05, 3.63) is 66.0 Å². The lowest BCUT2D eigenvalue weighted by Crippen LogP contribution is -1.96. The van der Waals surface area contributed by atoms with Crippen molar-refractivity contribution in [3.63, 3.8) is 0 Å². The Hall–Kier alpha value is -1.76. The molecular formula is C15H18O. The maximum Gasteiger partial charge on any atom is 0.130 e. The molecule has 1 aromatic carbocycles. The minimum absolute atomic E-state index is 0.687. The minimum Gasteiger partial charge on any atom is -0.457 e. The van der Waals surface area contributed by atoms with Gasteiger partial charge in [-0.2, -0.15) is 0 Å². The molecule has 0 aromatic heterocycles. The molecule has 84 valence electrons. The average Bonchev–Trinajstić information content (AvgIpc) is 2.28. The van der Waals surface area contributed by atoms with Gasteiger partial charge in [0, 0.05) is 0 Å². The van der Waals surface area contributed by atoms with E-state index in [1.54, 1.807) is 0 Å². The van der Waals surface area contributed by atoms with Crippen molar-refractivity contribution in [3.8, 4) is 5.75 Å². The Kier molecular flexibility index (Phi) is 4.59. The lowest BCUT2D eigenvalue weighted by atomic mass is 10.2. The normalized spacial score (nSPS) is 11.8. The monoisotopic (exact) mass is 214 g/mol.